The number of aromatic nitrogens is 3. The third kappa shape index (κ3) is 3.86. The van der Waals surface area contributed by atoms with Crippen molar-refractivity contribution < 1.29 is 4.79 Å². The second-order valence-electron chi connectivity index (χ2n) is 9.94. The van der Waals surface area contributed by atoms with E-state index in [4.69, 9.17) is 5.10 Å². The number of amides is 1. The fourth-order valence-corrected chi connectivity index (χ4v) is 5.54. The van der Waals surface area contributed by atoms with Gasteiger partial charge in [-0.15, -0.1) is 0 Å². The maximum atomic E-state index is 13.4. The monoisotopic (exact) mass is 453 g/mol. The predicted octanol–water partition coefficient (Wildman–Crippen LogP) is 4.73. The number of fused-ring (bicyclic) bond motifs is 2. The number of allylic oxidation sites excluding steroid dienone is 7. The Morgan fingerprint density at radius 3 is 2.62 bits per heavy atom. The molecule has 2 fully saturated rings. The highest BCUT2D eigenvalue weighted by molar-refractivity contribution is 5.99. The third-order valence-electron chi connectivity index (χ3n) is 7.71. The minimum atomic E-state index is -0.0394. The first-order valence-corrected chi connectivity index (χ1v) is 12.5. The van der Waals surface area contributed by atoms with E-state index in [1.165, 1.54) is 50.8 Å². The molecule has 0 spiro atoms. The quantitative estimate of drug-likeness (QED) is 0.674. The first-order chi connectivity index (χ1) is 16.5. The van der Waals surface area contributed by atoms with Gasteiger partial charge in [0.25, 0.3) is 5.91 Å². The van der Waals surface area contributed by atoms with Crippen LogP contribution in [0.25, 0.3) is 11.1 Å². The van der Waals surface area contributed by atoms with E-state index >= 15 is 0 Å². The molecule has 0 unspecified atom stereocenters. The summed E-state index contributed by atoms with van der Waals surface area (Å²) in [4.78, 5) is 22.4. The van der Waals surface area contributed by atoms with E-state index in [1.807, 2.05) is 48.9 Å². The minimum Gasteiger partial charge on any atom is -0.300 e. The maximum Gasteiger partial charge on any atom is 0.255 e. The minimum absolute atomic E-state index is 0.0394. The van der Waals surface area contributed by atoms with Gasteiger partial charge in [-0.1, -0.05) is 24.6 Å². The highest BCUT2D eigenvalue weighted by atomic mass is 16.2. The van der Waals surface area contributed by atoms with E-state index < -0.39 is 0 Å². The summed E-state index contributed by atoms with van der Waals surface area (Å²) in [7, 11) is 0. The van der Waals surface area contributed by atoms with Gasteiger partial charge in [0.15, 0.2) is 0 Å². The zero-order valence-electron chi connectivity index (χ0n) is 19.9. The molecule has 6 rings (SSSR count). The summed E-state index contributed by atoms with van der Waals surface area (Å²) < 4.78 is 1.85. The molecule has 5 heterocycles. The molecule has 0 aromatic carbocycles. The lowest BCUT2D eigenvalue weighted by Crippen LogP contribution is -2.45. The van der Waals surface area contributed by atoms with E-state index in [0.717, 1.165) is 39.9 Å². The Hall–Kier alpha value is -3.25. The van der Waals surface area contributed by atoms with Crippen molar-refractivity contribution in [3.05, 3.63) is 83.3 Å². The summed E-state index contributed by atoms with van der Waals surface area (Å²) in [5, 5.41) is 4.72. The first kappa shape index (κ1) is 21.3. The fourth-order valence-electron chi connectivity index (χ4n) is 5.54. The number of hydrogen-bond acceptors (Lipinski definition) is 4. The number of rotatable bonds is 3. The molecule has 0 bridgehead atoms. The number of likely N-dealkylation sites (tertiary alicyclic amines) is 1. The van der Waals surface area contributed by atoms with Crippen LogP contribution in [0, 0.1) is 19.8 Å². The van der Waals surface area contributed by atoms with Gasteiger partial charge in [-0.25, -0.2) is 4.52 Å². The lowest BCUT2D eigenvalue weighted by molar-refractivity contribution is -0.122. The van der Waals surface area contributed by atoms with Crippen LogP contribution >= 0.6 is 0 Å². The smallest absolute Gasteiger partial charge is 0.255 e. The van der Waals surface area contributed by atoms with Crippen molar-refractivity contribution in [3.63, 3.8) is 0 Å². The molecule has 2 aromatic rings. The van der Waals surface area contributed by atoms with E-state index in [0.29, 0.717) is 5.92 Å². The van der Waals surface area contributed by atoms with Gasteiger partial charge in [-0.2, -0.15) is 5.10 Å². The third-order valence-corrected chi connectivity index (χ3v) is 7.71. The number of hydrogen-bond donors (Lipinski definition) is 0. The molecule has 1 saturated heterocycles. The van der Waals surface area contributed by atoms with Crippen LogP contribution < -0.4 is 0 Å². The van der Waals surface area contributed by atoms with Crippen molar-refractivity contribution in [2.75, 3.05) is 13.1 Å². The van der Waals surface area contributed by atoms with Crippen molar-refractivity contribution in [1.82, 2.24) is 24.4 Å². The molecule has 0 radical (unpaired) electrons. The van der Waals surface area contributed by atoms with E-state index in [9.17, 15) is 4.79 Å². The van der Waals surface area contributed by atoms with Crippen molar-refractivity contribution in [3.8, 4) is 0 Å². The van der Waals surface area contributed by atoms with Gasteiger partial charge in [0, 0.05) is 29.6 Å². The van der Waals surface area contributed by atoms with Crippen LogP contribution in [0.4, 0.5) is 0 Å². The molecule has 1 amide bonds. The summed E-state index contributed by atoms with van der Waals surface area (Å²) in [5.74, 6) is 0.478. The molecule has 4 aliphatic rings. The number of nitrogens with zero attached hydrogens (tertiary/aromatic N) is 5. The standard InChI is InChI=1S/C28H31N5O/c1-19-17-33-27(20(2)29-19)16-26(30-33)22-5-3-8-25-10-9-23(18-32(25)28(34)15-22)21-11-13-31(14-12-21)24-6-4-7-24/h3,5,8-10,15-18,21,24H,4,6-7,11-14H2,1-2H3/b5-3+,22-15+,25-8+. The predicted molar refractivity (Wildman–Crippen MR) is 134 cm³/mol. The fraction of sp³-hybridized carbons (Fsp3) is 0.393. The topological polar surface area (TPSA) is 53.7 Å². The summed E-state index contributed by atoms with van der Waals surface area (Å²) in [6, 6.07) is 2.82. The van der Waals surface area contributed by atoms with Gasteiger partial charge in [0.1, 0.15) is 0 Å². The number of piperidine rings is 1. The Balaban J connectivity index is 1.25. The number of aryl methyl sites for hydroxylation is 2. The Bertz CT molecular complexity index is 1300. The number of carbonyl (C=O) groups is 1. The lowest BCUT2D eigenvalue weighted by atomic mass is 9.84. The van der Waals surface area contributed by atoms with E-state index in [-0.39, 0.29) is 5.91 Å². The largest absolute Gasteiger partial charge is 0.300 e. The van der Waals surface area contributed by atoms with Gasteiger partial charge in [0.2, 0.25) is 0 Å². The van der Waals surface area contributed by atoms with Crippen LogP contribution in [0.5, 0.6) is 0 Å². The highest BCUT2D eigenvalue weighted by Gasteiger charge is 2.30. The molecule has 1 aliphatic carbocycles. The maximum absolute atomic E-state index is 13.4. The Kier molecular flexibility index (Phi) is 5.33. The van der Waals surface area contributed by atoms with Crippen LogP contribution in [0.15, 0.2) is 66.2 Å². The van der Waals surface area contributed by atoms with Gasteiger partial charge in [0.05, 0.1) is 28.8 Å². The zero-order valence-corrected chi connectivity index (χ0v) is 19.9. The Labute approximate surface area is 200 Å². The van der Waals surface area contributed by atoms with Gasteiger partial charge in [-0.05, 0) is 82.3 Å². The summed E-state index contributed by atoms with van der Waals surface area (Å²) in [6.07, 6.45) is 22.4. The molecule has 6 nitrogen and oxygen atoms in total. The van der Waals surface area contributed by atoms with Crippen LogP contribution in [-0.2, 0) is 4.79 Å². The van der Waals surface area contributed by atoms with Crippen molar-refractivity contribution in [2.45, 2.75) is 52.0 Å². The van der Waals surface area contributed by atoms with Gasteiger partial charge >= 0.3 is 0 Å². The summed E-state index contributed by atoms with van der Waals surface area (Å²) in [5.41, 5.74) is 6.55. The average molecular weight is 454 g/mol. The Morgan fingerprint density at radius 2 is 1.85 bits per heavy atom. The van der Waals surface area contributed by atoms with Gasteiger partial charge in [-0.3, -0.25) is 14.7 Å². The second kappa shape index (κ2) is 8.51. The molecule has 3 aliphatic heterocycles. The Morgan fingerprint density at radius 1 is 1.03 bits per heavy atom. The molecule has 2 aromatic heterocycles. The summed E-state index contributed by atoms with van der Waals surface area (Å²) in [6.45, 7) is 6.29. The molecule has 0 N–H and O–H groups in total. The second-order valence-corrected chi connectivity index (χ2v) is 9.94. The first-order valence-electron chi connectivity index (χ1n) is 12.5. The zero-order chi connectivity index (χ0) is 23.2. The van der Waals surface area contributed by atoms with Crippen molar-refractivity contribution in [1.29, 1.82) is 0 Å². The van der Waals surface area contributed by atoms with Gasteiger partial charge < -0.3 is 4.90 Å². The molecular formula is C28H31N5O. The molecule has 0 atom stereocenters. The van der Waals surface area contributed by atoms with Crippen molar-refractivity contribution >= 4 is 17.0 Å². The van der Waals surface area contributed by atoms with Crippen LogP contribution in [0.3, 0.4) is 0 Å². The van der Waals surface area contributed by atoms with Crippen molar-refractivity contribution in [2.24, 2.45) is 5.92 Å². The number of carbonyl (C=O) groups excluding carboxylic acids is 1. The average Bonchev–Trinajstić information content (AvgIpc) is 3.21. The normalized spacial score (nSPS) is 26.1. The highest BCUT2D eigenvalue weighted by Crippen LogP contribution is 2.34. The van der Waals surface area contributed by atoms with E-state index in [2.05, 4.69) is 28.2 Å². The molecule has 174 valence electrons. The molecule has 6 heteroatoms. The SMILES string of the molecule is Cc1cn2nc(C3=C\C(=O)N4C=C(C5CCN(C6CCC6)CC5)C=C\C4=C/C=C/3)cc2c(C)n1. The molecule has 34 heavy (non-hydrogen) atoms. The molecule has 1 saturated carbocycles. The lowest BCUT2D eigenvalue weighted by Gasteiger charge is -2.42. The van der Waals surface area contributed by atoms with Crippen LogP contribution in [0.1, 0.15) is 49.2 Å². The molecular weight excluding hydrogens is 422 g/mol. The van der Waals surface area contributed by atoms with Crippen LogP contribution in [-0.4, -0.2) is 49.4 Å². The van der Waals surface area contributed by atoms with Crippen LogP contribution in [0.2, 0.25) is 0 Å². The van der Waals surface area contributed by atoms with E-state index in [1.54, 1.807) is 11.0 Å². The summed E-state index contributed by atoms with van der Waals surface area (Å²) >= 11 is 0.